The maximum absolute atomic E-state index is 12.0. The van der Waals surface area contributed by atoms with Crippen molar-refractivity contribution < 1.29 is 23.8 Å². The standard InChI is InChI=1S/C19H25NO5/c1-19(2,3)25-18(22)20-11-8-17(9-12-20)24-16-6-4-15(5-7-16)10-13-23-14-21/h4-7,10,13-14,17H,8-9,11-12H2,1-3H3/b13-10+. The molecule has 1 amide bonds. The van der Waals surface area contributed by atoms with Crippen LogP contribution >= 0.6 is 0 Å². The van der Waals surface area contributed by atoms with E-state index in [4.69, 9.17) is 9.47 Å². The summed E-state index contributed by atoms with van der Waals surface area (Å²) in [4.78, 5) is 23.9. The molecule has 0 aliphatic carbocycles. The Balaban J connectivity index is 1.80. The van der Waals surface area contributed by atoms with Gasteiger partial charge in [0.15, 0.2) is 0 Å². The monoisotopic (exact) mass is 347 g/mol. The largest absolute Gasteiger partial charge is 0.490 e. The lowest BCUT2D eigenvalue weighted by atomic mass is 10.1. The molecule has 1 saturated heterocycles. The number of hydrogen-bond donors (Lipinski definition) is 0. The van der Waals surface area contributed by atoms with Crippen LogP contribution in [0.5, 0.6) is 5.75 Å². The molecule has 0 unspecified atom stereocenters. The molecule has 0 spiro atoms. The van der Waals surface area contributed by atoms with Crippen LogP contribution in [0.25, 0.3) is 6.08 Å². The molecule has 0 bridgehead atoms. The van der Waals surface area contributed by atoms with Gasteiger partial charge in [-0.1, -0.05) is 12.1 Å². The zero-order chi connectivity index (χ0) is 18.3. The maximum Gasteiger partial charge on any atom is 0.410 e. The summed E-state index contributed by atoms with van der Waals surface area (Å²) >= 11 is 0. The van der Waals surface area contributed by atoms with Gasteiger partial charge in [0.2, 0.25) is 0 Å². The molecule has 1 aromatic carbocycles. The molecule has 25 heavy (non-hydrogen) atoms. The normalized spacial score (nSPS) is 15.9. The molecule has 0 aromatic heterocycles. The Kier molecular flexibility index (Phi) is 6.44. The van der Waals surface area contributed by atoms with Crippen molar-refractivity contribution in [3.63, 3.8) is 0 Å². The van der Waals surface area contributed by atoms with Gasteiger partial charge in [0, 0.05) is 25.9 Å². The summed E-state index contributed by atoms with van der Waals surface area (Å²) in [5.41, 5.74) is 0.436. The summed E-state index contributed by atoms with van der Waals surface area (Å²) in [6.07, 6.45) is 4.38. The molecule has 0 N–H and O–H groups in total. The molecular formula is C19H25NO5. The highest BCUT2D eigenvalue weighted by Crippen LogP contribution is 2.21. The average Bonchev–Trinajstić information content (AvgIpc) is 2.56. The summed E-state index contributed by atoms with van der Waals surface area (Å²) in [7, 11) is 0. The van der Waals surface area contributed by atoms with Crippen LogP contribution in [-0.2, 0) is 14.3 Å². The van der Waals surface area contributed by atoms with Gasteiger partial charge in [-0.15, -0.1) is 0 Å². The van der Waals surface area contributed by atoms with Gasteiger partial charge in [0.1, 0.15) is 17.5 Å². The van der Waals surface area contributed by atoms with Crippen LogP contribution in [0, 0.1) is 0 Å². The van der Waals surface area contributed by atoms with E-state index >= 15 is 0 Å². The minimum Gasteiger partial charge on any atom is -0.490 e. The molecule has 1 aliphatic rings. The van der Waals surface area contributed by atoms with Crippen LogP contribution in [0.1, 0.15) is 39.2 Å². The van der Waals surface area contributed by atoms with Crippen molar-refractivity contribution in [2.75, 3.05) is 13.1 Å². The van der Waals surface area contributed by atoms with E-state index < -0.39 is 5.60 Å². The van der Waals surface area contributed by atoms with Crippen LogP contribution in [0.2, 0.25) is 0 Å². The second kappa shape index (κ2) is 8.55. The van der Waals surface area contributed by atoms with Gasteiger partial charge in [-0.25, -0.2) is 4.79 Å². The predicted octanol–water partition coefficient (Wildman–Crippen LogP) is 3.61. The summed E-state index contributed by atoms with van der Waals surface area (Å²) in [6.45, 7) is 7.23. The van der Waals surface area contributed by atoms with E-state index in [1.165, 1.54) is 6.26 Å². The number of carbonyl (C=O) groups is 2. The van der Waals surface area contributed by atoms with Crippen LogP contribution in [-0.4, -0.2) is 42.3 Å². The molecule has 1 aliphatic heterocycles. The van der Waals surface area contributed by atoms with E-state index in [1.54, 1.807) is 11.0 Å². The Morgan fingerprint density at radius 3 is 2.36 bits per heavy atom. The number of ether oxygens (including phenoxy) is 3. The van der Waals surface area contributed by atoms with Crippen LogP contribution in [0.4, 0.5) is 4.79 Å². The first kappa shape index (κ1) is 18.8. The van der Waals surface area contributed by atoms with Gasteiger partial charge in [-0.2, -0.15) is 0 Å². The smallest absolute Gasteiger partial charge is 0.410 e. The lowest BCUT2D eigenvalue weighted by Crippen LogP contribution is -2.44. The van der Waals surface area contributed by atoms with Gasteiger partial charge in [-0.3, -0.25) is 4.79 Å². The summed E-state index contributed by atoms with van der Waals surface area (Å²) in [6, 6.07) is 7.52. The molecule has 0 radical (unpaired) electrons. The third-order valence-corrected chi connectivity index (χ3v) is 3.67. The van der Waals surface area contributed by atoms with Crippen molar-refractivity contribution >= 4 is 18.6 Å². The molecule has 2 rings (SSSR count). The van der Waals surface area contributed by atoms with Gasteiger partial charge in [0.25, 0.3) is 6.47 Å². The highest BCUT2D eigenvalue weighted by molar-refractivity contribution is 5.68. The van der Waals surface area contributed by atoms with Gasteiger partial charge >= 0.3 is 6.09 Å². The molecule has 1 fully saturated rings. The van der Waals surface area contributed by atoms with Crippen LogP contribution in [0.3, 0.4) is 0 Å². The molecule has 6 heteroatoms. The van der Waals surface area contributed by atoms with Gasteiger partial charge in [0.05, 0.1) is 6.26 Å². The molecule has 136 valence electrons. The topological polar surface area (TPSA) is 65.1 Å². The van der Waals surface area contributed by atoms with E-state index in [0.29, 0.717) is 19.6 Å². The minimum atomic E-state index is -0.475. The predicted molar refractivity (Wildman–Crippen MR) is 94.1 cm³/mol. The average molecular weight is 347 g/mol. The van der Waals surface area contributed by atoms with Crippen molar-refractivity contribution in [2.24, 2.45) is 0 Å². The summed E-state index contributed by atoms with van der Waals surface area (Å²) in [5, 5.41) is 0. The Bertz CT molecular complexity index is 595. The van der Waals surface area contributed by atoms with E-state index in [0.717, 1.165) is 24.2 Å². The van der Waals surface area contributed by atoms with Crippen molar-refractivity contribution in [3.05, 3.63) is 36.1 Å². The Morgan fingerprint density at radius 1 is 1.16 bits per heavy atom. The number of nitrogens with zero attached hydrogens (tertiary/aromatic N) is 1. The quantitative estimate of drug-likeness (QED) is 0.601. The second-order valence-corrected chi connectivity index (χ2v) is 6.89. The van der Waals surface area contributed by atoms with Crippen LogP contribution in [0.15, 0.2) is 30.5 Å². The zero-order valence-corrected chi connectivity index (χ0v) is 14.9. The molecule has 0 atom stereocenters. The van der Waals surface area contributed by atoms with Crippen molar-refractivity contribution in [3.8, 4) is 5.75 Å². The number of amides is 1. The Hall–Kier alpha value is -2.50. The fourth-order valence-corrected chi connectivity index (χ4v) is 2.48. The highest BCUT2D eigenvalue weighted by atomic mass is 16.6. The SMILES string of the molecule is CC(C)(C)OC(=O)N1CCC(Oc2ccc(/C=C/OC=O)cc2)CC1. The fourth-order valence-electron chi connectivity index (χ4n) is 2.48. The van der Waals surface area contributed by atoms with Crippen molar-refractivity contribution in [1.82, 2.24) is 4.90 Å². The number of likely N-dealkylation sites (tertiary alicyclic amines) is 1. The minimum absolute atomic E-state index is 0.0819. The molecular weight excluding hydrogens is 322 g/mol. The molecule has 0 saturated carbocycles. The number of carbonyl (C=O) groups excluding carboxylic acids is 2. The Morgan fingerprint density at radius 2 is 1.80 bits per heavy atom. The summed E-state index contributed by atoms with van der Waals surface area (Å²) < 4.78 is 15.9. The first-order valence-corrected chi connectivity index (χ1v) is 8.38. The van der Waals surface area contributed by atoms with E-state index in [1.807, 2.05) is 45.0 Å². The van der Waals surface area contributed by atoms with Crippen molar-refractivity contribution in [1.29, 1.82) is 0 Å². The fraction of sp³-hybridized carbons (Fsp3) is 0.474. The Labute approximate surface area is 148 Å². The third-order valence-electron chi connectivity index (χ3n) is 3.67. The third kappa shape index (κ3) is 6.49. The first-order chi connectivity index (χ1) is 11.9. The molecule has 1 heterocycles. The van der Waals surface area contributed by atoms with Gasteiger partial charge < -0.3 is 19.1 Å². The van der Waals surface area contributed by atoms with E-state index in [2.05, 4.69) is 4.74 Å². The summed E-state index contributed by atoms with van der Waals surface area (Å²) in [5.74, 6) is 0.782. The van der Waals surface area contributed by atoms with Crippen molar-refractivity contribution in [2.45, 2.75) is 45.3 Å². The van der Waals surface area contributed by atoms with Gasteiger partial charge in [-0.05, 0) is 44.5 Å². The highest BCUT2D eigenvalue weighted by Gasteiger charge is 2.27. The lowest BCUT2D eigenvalue weighted by molar-refractivity contribution is -0.123. The number of piperidine rings is 1. The van der Waals surface area contributed by atoms with E-state index in [-0.39, 0.29) is 12.2 Å². The zero-order valence-electron chi connectivity index (χ0n) is 14.9. The second-order valence-electron chi connectivity index (χ2n) is 6.89. The van der Waals surface area contributed by atoms with Crippen LogP contribution < -0.4 is 4.74 Å². The number of benzene rings is 1. The first-order valence-electron chi connectivity index (χ1n) is 8.38. The molecule has 1 aromatic rings. The van der Waals surface area contributed by atoms with E-state index in [9.17, 15) is 9.59 Å². The number of hydrogen-bond acceptors (Lipinski definition) is 5. The molecule has 6 nitrogen and oxygen atoms in total. The maximum atomic E-state index is 12.0. The number of rotatable bonds is 5. The lowest BCUT2D eigenvalue weighted by Gasteiger charge is -2.33.